The fourth-order valence-electron chi connectivity index (χ4n) is 1.87. The van der Waals surface area contributed by atoms with Crippen molar-refractivity contribution in [1.82, 2.24) is 10.3 Å². The summed E-state index contributed by atoms with van der Waals surface area (Å²) >= 11 is 0. The predicted octanol–water partition coefficient (Wildman–Crippen LogP) is 1.40. The summed E-state index contributed by atoms with van der Waals surface area (Å²) in [7, 11) is 0. The molecule has 0 fully saturated rings. The summed E-state index contributed by atoms with van der Waals surface area (Å²) in [5, 5.41) is 11.5. The predicted molar refractivity (Wildman–Crippen MR) is 81.1 cm³/mol. The molecule has 5 heteroatoms. The summed E-state index contributed by atoms with van der Waals surface area (Å²) in [5.74, 6) is -0.479. The Morgan fingerprint density at radius 2 is 1.95 bits per heavy atom. The normalized spacial score (nSPS) is 11.9. The second-order valence-electron chi connectivity index (χ2n) is 4.98. The van der Waals surface area contributed by atoms with Crippen molar-refractivity contribution < 1.29 is 9.90 Å². The first-order valence-corrected chi connectivity index (χ1v) is 6.79. The number of carbonyl (C=O) groups excluding carboxylic acids is 1. The van der Waals surface area contributed by atoms with Gasteiger partial charge in [0.1, 0.15) is 5.56 Å². The van der Waals surface area contributed by atoms with Gasteiger partial charge >= 0.3 is 0 Å². The lowest BCUT2D eigenvalue weighted by molar-refractivity contribution is 0.0941. The molecule has 0 aliphatic carbocycles. The van der Waals surface area contributed by atoms with E-state index in [2.05, 4.69) is 10.3 Å². The minimum absolute atomic E-state index is 0.0103. The van der Waals surface area contributed by atoms with Gasteiger partial charge in [0.05, 0.1) is 0 Å². The summed E-state index contributed by atoms with van der Waals surface area (Å²) in [6.45, 7) is 2.13. The first kappa shape index (κ1) is 15.0. The molecule has 0 aliphatic heterocycles. The average Bonchev–Trinajstić information content (AvgIpc) is 2.53. The quantitative estimate of drug-likeness (QED) is 0.777. The van der Waals surface area contributed by atoms with Gasteiger partial charge in [0.15, 0.2) is 0 Å². The van der Waals surface area contributed by atoms with Crippen LogP contribution >= 0.6 is 0 Å². The largest absolute Gasteiger partial charge is 0.396 e. The number of benzene rings is 1. The van der Waals surface area contributed by atoms with Crippen LogP contribution in [0.5, 0.6) is 0 Å². The first-order valence-electron chi connectivity index (χ1n) is 6.79. The molecule has 0 radical (unpaired) electrons. The molecule has 0 saturated heterocycles. The maximum atomic E-state index is 12.0. The molecule has 1 aromatic heterocycles. The number of aromatic nitrogens is 1. The second-order valence-corrected chi connectivity index (χ2v) is 4.98. The molecule has 1 aromatic carbocycles. The van der Waals surface area contributed by atoms with Crippen LogP contribution in [0.25, 0.3) is 11.3 Å². The zero-order chi connectivity index (χ0) is 15.2. The Bertz CT molecular complexity index is 665. The highest BCUT2D eigenvalue weighted by Crippen LogP contribution is 2.14. The molecule has 3 N–H and O–H groups in total. The van der Waals surface area contributed by atoms with Crippen LogP contribution in [0.3, 0.4) is 0 Å². The van der Waals surface area contributed by atoms with E-state index in [-0.39, 0.29) is 18.1 Å². The van der Waals surface area contributed by atoms with Crippen molar-refractivity contribution in [2.75, 3.05) is 13.2 Å². The fourth-order valence-corrected chi connectivity index (χ4v) is 1.87. The van der Waals surface area contributed by atoms with Gasteiger partial charge in [-0.1, -0.05) is 37.3 Å². The number of pyridine rings is 1. The molecule has 1 atom stereocenters. The lowest BCUT2D eigenvalue weighted by Gasteiger charge is -2.09. The highest BCUT2D eigenvalue weighted by molar-refractivity contribution is 5.94. The lowest BCUT2D eigenvalue weighted by Crippen LogP contribution is -2.33. The first-order chi connectivity index (χ1) is 10.1. The van der Waals surface area contributed by atoms with Crippen molar-refractivity contribution in [3.05, 3.63) is 58.4 Å². The molecule has 0 aliphatic rings. The van der Waals surface area contributed by atoms with Gasteiger partial charge in [0.25, 0.3) is 11.5 Å². The number of amides is 1. The fraction of sp³-hybridized carbons (Fsp3) is 0.250. The lowest BCUT2D eigenvalue weighted by atomic mass is 10.1. The Kier molecular flexibility index (Phi) is 4.90. The summed E-state index contributed by atoms with van der Waals surface area (Å²) < 4.78 is 0. The molecule has 110 valence electrons. The van der Waals surface area contributed by atoms with E-state index in [1.54, 1.807) is 6.07 Å². The Morgan fingerprint density at radius 1 is 1.24 bits per heavy atom. The molecule has 2 rings (SSSR count). The third-order valence-electron chi connectivity index (χ3n) is 3.16. The van der Waals surface area contributed by atoms with Gasteiger partial charge in [-0.25, -0.2) is 0 Å². The van der Waals surface area contributed by atoms with Crippen molar-refractivity contribution in [3.8, 4) is 11.3 Å². The summed E-state index contributed by atoms with van der Waals surface area (Å²) in [4.78, 5) is 26.6. The van der Waals surface area contributed by atoms with Gasteiger partial charge in [0, 0.05) is 18.8 Å². The van der Waals surface area contributed by atoms with E-state index in [1.807, 2.05) is 37.3 Å². The summed E-state index contributed by atoms with van der Waals surface area (Å²) in [5.41, 5.74) is 1.20. The molecule has 0 bridgehead atoms. The highest BCUT2D eigenvalue weighted by atomic mass is 16.3. The van der Waals surface area contributed by atoms with E-state index in [0.717, 1.165) is 5.56 Å². The van der Waals surface area contributed by atoms with Crippen LogP contribution < -0.4 is 10.9 Å². The van der Waals surface area contributed by atoms with Gasteiger partial charge in [-0.05, 0) is 23.6 Å². The van der Waals surface area contributed by atoms with Gasteiger partial charge < -0.3 is 15.4 Å². The van der Waals surface area contributed by atoms with Crippen LogP contribution in [0.15, 0.2) is 47.3 Å². The smallest absolute Gasteiger partial charge is 0.261 e. The van der Waals surface area contributed by atoms with Crippen molar-refractivity contribution in [2.24, 2.45) is 5.92 Å². The van der Waals surface area contributed by atoms with Gasteiger partial charge in [0.2, 0.25) is 0 Å². The Labute approximate surface area is 122 Å². The zero-order valence-corrected chi connectivity index (χ0v) is 11.8. The third-order valence-corrected chi connectivity index (χ3v) is 3.16. The average molecular weight is 286 g/mol. The molecule has 0 saturated carbocycles. The molecule has 1 unspecified atom stereocenters. The number of carbonyl (C=O) groups is 1. The van der Waals surface area contributed by atoms with Crippen LogP contribution in [-0.4, -0.2) is 29.1 Å². The van der Waals surface area contributed by atoms with Gasteiger partial charge in [-0.15, -0.1) is 0 Å². The van der Waals surface area contributed by atoms with Crippen molar-refractivity contribution in [2.45, 2.75) is 6.92 Å². The minimum Gasteiger partial charge on any atom is -0.396 e. The van der Waals surface area contributed by atoms with Crippen LogP contribution in [0.2, 0.25) is 0 Å². The van der Waals surface area contributed by atoms with E-state index in [4.69, 9.17) is 5.11 Å². The maximum Gasteiger partial charge on any atom is 0.261 e. The molecular formula is C16H18N2O3. The second kappa shape index (κ2) is 6.85. The van der Waals surface area contributed by atoms with Crippen molar-refractivity contribution in [1.29, 1.82) is 0 Å². The van der Waals surface area contributed by atoms with Crippen LogP contribution in [0.1, 0.15) is 17.3 Å². The highest BCUT2D eigenvalue weighted by Gasteiger charge is 2.12. The van der Waals surface area contributed by atoms with Crippen molar-refractivity contribution >= 4 is 5.91 Å². The molecule has 1 heterocycles. The number of hydrogen-bond donors (Lipinski definition) is 3. The number of hydrogen-bond acceptors (Lipinski definition) is 3. The summed E-state index contributed by atoms with van der Waals surface area (Å²) in [6.07, 6.45) is 0. The summed E-state index contributed by atoms with van der Waals surface area (Å²) in [6, 6.07) is 12.6. The SMILES string of the molecule is CC(CO)CNC(=O)c1ccc(-c2ccccc2)[nH]c1=O. The monoisotopic (exact) mass is 286 g/mol. The van der Waals surface area contributed by atoms with Gasteiger partial charge in [-0.3, -0.25) is 9.59 Å². The van der Waals surface area contributed by atoms with Crippen LogP contribution in [0, 0.1) is 5.92 Å². The van der Waals surface area contributed by atoms with E-state index in [1.165, 1.54) is 6.07 Å². The number of rotatable bonds is 5. The van der Waals surface area contributed by atoms with E-state index in [0.29, 0.717) is 12.2 Å². The maximum absolute atomic E-state index is 12.0. The molecular weight excluding hydrogens is 268 g/mol. The molecule has 5 nitrogen and oxygen atoms in total. The number of H-pyrrole nitrogens is 1. The van der Waals surface area contributed by atoms with Crippen LogP contribution in [0.4, 0.5) is 0 Å². The molecule has 21 heavy (non-hydrogen) atoms. The molecule has 2 aromatic rings. The van der Waals surface area contributed by atoms with E-state index in [9.17, 15) is 9.59 Å². The minimum atomic E-state index is -0.434. The van der Waals surface area contributed by atoms with Crippen molar-refractivity contribution in [3.63, 3.8) is 0 Å². The number of nitrogens with one attached hydrogen (secondary N) is 2. The van der Waals surface area contributed by atoms with Gasteiger partial charge in [-0.2, -0.15) is 0 Å². The number of aliphatic hydroxyl groups excluding tert-OH is 1. The number of aliphatic hydroxyl groups is 1. The zero-order valence-electron chi connectivity index (χ0n) is 11.8. The topological polar surface area (TPSA) is 82.2 Å². The molecule has 0 spiro atoms. The van der Waals surface area contributed by atoms with Crippen LogP contribution in [-0.2, 0) is 0 Å². The Hall–Kier alpha value is -2.40. The van der Waals surface area contributed by atoms with E-state index >= 15 is 0 Å². The standard InChI is InChI=1S/C16H18N2O3/c1-11(10-19)9-17-15(20)13-7-8-14(18-16(13)21)12-5-3-2-4-6-12/h2-8,11,19H,9-10H2,1H3,(H,17,20)(H,18,21). The molecule has 1 amide bonds. The number of aromatic amines is 1. The Balaban J connectivity index is 2.16. The Morgan fingerprint density at radius 3 is 2.57 bits per heavy atom. The third kappa shape index (κ3) is 3.79. The van der Waals surface area contributed by atoms with E-state index < -0.39 is 11.5 Å².